The molecule has 3 nitrogen and oxygen atoms in total. The van der Waals surface area contributed by atoms with Gasteiger partial charge in [-0.1, -0.05) is 53.4 Å². The third-order valence-electron chi connectivity index (χ3n) is 5.08. The van der Waals surface area contributed by atoms with Crippen molar-refractivity contribution in [3.8, 4) is 5.88 Å². The van der Waals surface area contributed by atoms with E-state index >= 15 is 0 Å². The summed E-state index contributed by atoms with van der Waals surface area (Å²) in [6.07, 6.45) is 8.22. The Morgan fingerprint density at radius 1 is 1.16 bits per heavy atom. The topological polar surface area (TPSA) is 39.2 Å². The Bertz CT molecular complexity index is 691. The molecule has 1 aliphatic rings. The minimum Gasteiger partial charge on any atom is -0.481 e. The van der Waals surface area contributed by atoms with Gasteiger partial charge in [-0.25, -0.2) is 4.98 Å². The predicted molar refractivity (Wildman–Crippen MR) is 103 cm³/mol. The lowest BCUT2D eigenvalue weighted by atomic mass is 9.74. The van der Waals surface area contributed by atoms with Gasteiger partial charge in [0.1, 0.15) is 5.78 Å². The van der Waals surface area contributed by atoms with Crippen LogP contribution in [-0.4, -0.2) is 17.9 Å². The molecule has 1 unspecified atom stereocenters. The summed E-state index contributed by atoms with van der Waals surface area (Å²) in [5.41, 5.74) is 2.09. The smallest absolute Gasteiger partial charge is 0.212 e. The van der Waals surface area contributed by atoms with Crippen molar-refractivity contribution in [2.45, 2.75) is 44.4 Å². The molecule has 2 aromatic rings. The number of hydrogen-bond donors (Lipinski definition) is 0. The van der Waals surface area contributed by atoms with Crippen LogP contribution in [0.1, 0.15) is 49.1 Å². The molecule has 1 fully saturated rings. The molecule has 1 aromatic carbocycles. The van der Waals surface area contributed by atoms with Crippen molar-refractivity contribution in [3.63, 3.8) is 0 Å². The fraction of sp³-hybridized carbons (Fsp3) is 0.429. The first kappa shape index (κ1) is 18.1. The lowest BCUT2D eigenvalue weighted by Gasteiger charge is -2.30. The van der Waals surface area contributed by atoms with E-state index in [1.54, 1.807) is 13.3 Å². The summed E-state index contributed by atoms with van der Waals surface area (Å²) in [5.74, 6) is 1.30. The van der Waals surface area contributed by atoms with Gasteiger partial charge in [-0.2, -0.15) is 0 Å². The average Bonchev–Trinajstić information content (AvgIpc) is 2.65. The molecule has 0 aliphatic heterocycles. The number of rotatable bonds is 6. The second-order valence-electron chi connectivity index (χ2n) is 6.78. The van der Waals surface area contributed by atoms with E-state index in [2.05, 4.69) is 33.0 Å². The van der Waals surface area contributed by atoms with Crippen LogP contribution in [0.2, 0.25) is 0 Å². The summed E-state index contributed by atoms with van der Waals surface area (Å²) in [7, 11) is 1.60. The maximum atomic E-state index is 13.2. The van der Waals surface area contributed by atoms with Crippen molar-refractivity contribution in [1.29, 1.82) is 0 Å². The highest BCUT2D eigenvalue weighted by molar-refractivity contribution is 9.10. The van der Waals surface area contributed by atoms with Crippen molar-refractivity contribution in [3.05, 3.63) is 58.2 Å². The van der Waals surface area contributed by atoms with Gasteiger partial charge in [0.15, 0.2) is 0 Å². The highest BCUT2D eigenvalue weighted by Gasteiger charge is 2.30. The summed E-state index contributed by atoms with van der Waals surface area (Å²) in [6, 6.07) is 12.0. The van der Waals surface area contributed by atoms with Crippen LogP contribution in [0.4, 0.5) is 0 Å². The van der Waals surface area contributed by atoms with Crippen molar-refractivity contribution in [2.24, 2.45) is 5.92 Å². The first-order chi connectivity index (χ1) is 12.2. The third-order valence-corrected chi connectivity index (χ3v) is 5.61. The summed E-state index contributed by atoms with van der Waals surface area (Å²) in [6.45, 7) is 0. The minimum absolute atomic E-state index is 0.0181. The number of aromatic nitrogens is 1. The summed E-state index contributed by atoms with van der Waals surface area (Å²) < 4.78 is 6.14. The Balaban J connectivity index is 1.81. The first-order valence-corrected chi connectivity index (χ1v) is 9.74. The molecule has 0 N–H and O–H groups in total. The fourth-order valence-corrected chi connectivity index (χ4v) is 4.07. The average molecular weight is 402 g/mol. The molecule has 1 atom stereocenters. The number of nitrogens with zero attached hydrogens (tertiary/aromatic N) is 1. The van der Waals surface area contributed by atoms with E-state index in [0.29, 0.717) is 24.0 Å². The van der Waals surface area contributed by atoms with E-state index < -0.39 is 0 Å². The standard InChI is InChI=1S/C21H24BrNO2/c1-25-20-12-7-15(14-23-20)13-19(24)21(16-5-3-2-4-6-16)17-8-10-18(22)11-9-17/h7-12,14,16,21H,2-6,13H2,1H3. The van der Waals surface area contributed by atoms with Crippen molar-refractivity contribution >= 4 is 21.7 Å². The summed E-state index contributed by atoms with van der Waals surface area (Å²) in [4.78, 5) is 17.4. The number of Topliss-reactive ketones (excluding diaryl/α,β-unsaturated/α-hetero) is 1. The molecule has 0 amide bonds. The number of benzene rings is 1. The van der Waals surface area contributed by atoms with Crippen LogP contribution >= 0.6 is 15.9 Å². The molecule has 1 saturated carbocycles. The van der Waals surface area contributed by atoms with Crippen LogP contribution in [0.25, 0.3) is 0 Å². The van der Waals surface area contributed by atoms with Crippen molar-refractivity contribution in [2.75, 3.05) is 7.11 Å². The van der Waals surface area contributed by atoms with Crippen LogP contribution in [-0.2, 0) is 11.2 Å². The Hall–Kier alpha value is -1.68. The number of methoxy groups -OCH3 is 1. The van der Waals surface area contributed by atoms with Gasteiger partial charge in [0, 0.05) is 29.1 Å². The molecule has 0 bridgehead atoms. The van der Waals surface area contributed by atoms with Crippen LogP contribution in [0, 0.1) is 5.92 Å². The van der Waals surface area contributed by atoms with Gasteiger partial charge in [-0.15, -0.1) is 0 Å². The number of carbonyl (C=O) groups is 1. The van der Waals surface area contributed by atoms with E-state index in [0.717, 1.165) is 28.4 Å². The number of pyridine rings is 1. The number of carbonyl (C=O) groups excluding carboxylic acids is 1. The van der Waals surface area contributed by atoms with Gasteiger partial charge >= 0.3 is 0 Å². The lowest BCUT2D eigenvalue weighted by Crippen LogP contribution is -2.25. The Morgan fingerprint density at radius 2 is 1.88 bits per heavy atom. The fourth-order valence-electron chi connectivity index (χ4n) is 3.81. The predicted octanol–water partition coefficient (Wildman–Crippen LogP) is 5.33. The number of ether oxygens (including phenoxy) is 1. The van der Waals surface area contributed by atoms with E-state index in [9.17, 15) is 4.79 Å². The highest BCUT2D eigenvalue weighted by atomic mass is 79.9. The van der Waals surface area contributed by atoms with Crippen molar-refractivity contribution in [1.82, 2.24) is 4.98 Å². The maximum absolute atomic E-state index is 13.2. The zero-order chi connectivity index (χ0) is 17.6. The molecule has 1 aromatic heterocycles. The minimum atomic E-state index is -0.0181. The Kier molecular flexibility index (Phi) is 6.24. The molecule has 0 saturated heterocycles. The summed E-state index contributed by atoms with van der Waals surface area (Å²) in [5, 5.41) is 0. The molecule has 3 rings (SSSR count). The molecule has 25 heavy (non-hydrogen) atoms. The molecule has 1 aliphatic carbocycles. The molecule has 4 heteroatoms. The van der Waals surface area contributed by atoms with E-state index in [4.69, 9.17) is 4.74 Å². The number of ketones is 1. The van der Waals surface area contributed by atoms with E-state index in [1.165, 1.54) is 19.3 Å². The highest BCUT2D eigenvalue weighted by Crippen LogP contribution is 2.37. The molecule has 1 heterocycles. The van der Waals surface area contributed by atoms with Crippen LogP contribution in [0.15, 0.2) is 47.1 Å². The van der Waals surface area contributed by atoms with Crippen LogP contribution in [0.3, 0.4) is 0 Å². The van der Waals surface area contributed by atoms with Gasteiger partial charge in [0.2, 0.25) is 5.88 Å². The maximum Gasteiger partial charge on any atom is 0.212 e. The Morgan fingerprint density at radius 3 is 2.48 bits per heavy atom. The number of halogens is 1. The van der Waals surface area contributed by atoms with Gasteiger partial charge < -0.3 is 4.74 Å². The molecule has 0 radical (unpaired) electrons. The van der Waals surface area contributed by atoms with Gasteiger partial charge in [0.05, 0.1) is 7.11 Å². The zero-order valence-electron chi connectivity index (χ0n) is 14.6. The normalized spacial score (nSPS) is 16.4. The summed E-state index contributed by atoms with van der Waals surface area (Å²) >= 11 is 3.49. The van der Waals surface area contributed by atoms with Crippen molar-refractivity contribution < 1.29 is 9.53 Å². The Labute approximate surface area is 157 Å². The largest absolute Gasteiger partial charge is 0.481 e. The second kappa shape index (κ2) is 8.61. The van der Waals surface area contributed by atoms with Gasteiger partial charge in [0.25, 0.3) is 0 Å². The molecular weight excluding hydrogens is 378 g/mol. The zero-order valence-corrected chi connectivity index (χ0v) is 16.2. The van der Waals surface area contributed by atoms with Crippen LogP contribution in [0.5, 0.6) is 5.88 Å². The van der Waals surface area contributed by atoms with E-state index in [-0.39, 0.29) is 5.92 Å². The quantitative estimate of drug-likeness (QED) is 0.656. The lowest BCUT2D eigenvalue weighted by molar-refractivity contribution is -0.121. The third kappa shape index (κ3) is 4.69. The first-order valence-electron chi connectivity index (χ1n) is 8.94. The SMILES string of the molecule is COc1ccc(CC(=O)C(c2ccc(Br)cc2)C2CCCCC2)cn1. The second-order valence-corrected chi connectivity index (χ2v) is 7.69. The van der Waals surface area contributed by atoms with Gasteiger partial charge in [-0.3, -0.25) is 4.79 Å². The number of hydrogen-bond acceptors (Lipinski definition) is 3. The van der Waals surface area contributed by atoms with Crippen LogP contribution < -0.4 is 4.74 Å². The molecule has 132 valence electrons. The molecular formula is C21H24BrNO2. The monoisotopic (exact) mass is 401 g/mol. The van der Waals surface area contributed by atoms with E-state index in [1.807, 2.05) is 24.3 Å². The van der Waals surface area contributed by atoms with Gasteiger partial charge in [-0.05, 0) is 42.0 Å². The molecule has 0 spiro atoms.